The monoisotopic (exact) mass is 495 g/mol. The van der Waals surface area contributed by atoms with Crippen molar-refractivity contribution >= 4 is 20.7 Å². The number of fused-ring (bicyclic) bond motifs is 1. The van der Waals surface area contributed by atoms with Crippen LogP contribution in [0.15, 0.2) is 65.5 Å². The van der Waals surface area contributed by atoms with Gasteiger partial charge in [-0.3, -0.25) is 4.68 Å². The maximum Gasteiger partial charge on any atom is 0.243 e. The molecule has 35 heavy (non-hydrogen) atoms. The van der Waals surface area contributed by atoms with Crippen molar-refractivity contribution in [3.8, 4) is 17.3 Å². The quantitative estimate of drug-likeness (QED) is 0.328. The fraction of sp³-hybridized carbons (Fsp3) is 0.208. The van der Waals surface area contributed by atoms with Gasteiger partial charge in [-0.15, -0.1) is 5.10 Å². The second-order valence-corrected chi connectivity index (χ2v) is 10.4. The number of aromatic amines is 1. The van der Waals surface area contributed by atoms with Crippen LogP contribution in [0.2, 0.25) is 0 Å². The number of hydrogen-bond acceptors (Lipinski definition) is 7. The normalized spacial score (nSPS) is 11.8. The van der Waals surface area contributed by atoms with E-state index in [-0.39, 0.29) is 30.5 Å². The van der Waals surface area contributed by atoms with Gasteiger partial charge in [-0.25, -0.2) is 17.8 Å². The van der Waals surface area contributed by atoms with Crippen LogP contribution in [0.3, 0.4) is 0 Å². The summed E-state index contributed by atoms with van der Waals surface area (Å²) in [5, 5.41) is 8.20. The number of H-pyrrole nitrogens is 1. The van der Waals surface area contributed by atoms with Crippen molar-refractivity contribution in [1.29, 1.82) is 0 Å². The molecular weight excluding hydrogens is 473 g/mol. The van der Waals surface area contributed by atoms with Gasteiger partial charge in [0.25, 0.3) is 0 Å². The van der Waals surface area contributed by atoms with E-state index in [2.05, 4.69) is 20.3 Å². The zero-order valence-corrected chi connectivity index (χ0v) is 19.6. The predicted octanol–water partition coefficient (Wildman–Crippen LogP) is 4.06. The lowest BCUT2D eigenvalue weighted by Gasteiger charge is -2.10. The van der Waals surface area contributed by atoms with Crippen molar-refractivity contribution in [3.05, 3.63) is 83.8 Å². The number of nitrogens with zero attached hydrogens (tertiary/aromatic N) is 4. The molecule has 0 aliphatic carbocycles. The lowest BCUT2D eigenvalue weighted by Crippen LogP contribution is -2.15. The Labute approximate surface area is 200 Å². The lowest BCUT2D eigenvalue weighted by molar-refractivity contribution is 0.300. The SMILES string of the molecule is Cc1cc(OCc2coc(-c3cc4cc(F)ccc4[nH]3)n2)ccc1CS(=O)(=O)CCn1ccnn1. The minimum absolute atomic E-state index is 0.0200. The van der Waals surface area contributed by atoms with Crippen molar-refractivity contribution in [2.45, 2.75) is 25.8 Å². The van der Waals surface area contributed by atoms with Gasteiger partial charge in [-0.2, -0.15) is 0 Å². The summed E-state index contributed by atoms with van der Waals surface area (Å²) in [5.74, 6) is 0.581. The molecule has 0 bridgehead atoms. The first-order chi connectivity index (χ1) is 16.8. The van der Waals surface area contributed by atoms with E-state index in [4.69, 9.17) is 9.15 Å². The molecule has 3 aromatic heterocycles. The number of benzene rings is 2. The van der Waals surface area contributed by atoms with Crippen LogP contribution in [-0.4, -0.2) is 39.1 Å². The number of ether oxygens (including phenoxy) is 1. The smallest absolute Gasteiger partial charge is 0.243 e. The van der Waals surface area contributed by atoms with Crippen molar-refractivity contribution in [2.24, 2.45) is 0 Å². The molecule has 0 radical (unpaired) electrons. The Morgan fingerprint density at radius 2 is 2.06 bits per heavy atom. The Kier molecular flexibility index (Phi) is 6.08. The standard InChI is InChI=1S/C24H22FN5O4S/c1-16-10-21(4-2-17(16)15-35(31,32)9-8-30-7-6-26-29-30)33-13-20-14-34-24(27-20)23-12-18-11-19(25)3-5-22(18)28-23/h2-7,10-12,14,28H,8-9,13,15H2,1H3. The highest BCUT2D eigenvalue weighted by Gasteiger charge is 2.15. The molecule has 5 aromatic rings. The van der Waals surface area contributed by atoms with Crippen LogP contribution in [0, 0.1) is 12.7 Å². The predicted molar refractivity (Wildman–Crippen MR) is 127 cm³/mol. The van der Waals surface area contributed by atoms with E-state index in [1.165, 1.54) is 29.3 Å². The largest absolute Gasteiger partial charge is 0.487 e. The Hall–Kier alpha value is -3.99. The summed E-state index contributed by atoms with van der Waals surface area (Å²) < 4.78 is 51.3. The highest BCUT2D eigenvalue weighted by atomic mass is 32.2. The molecule has 11 heteroatoms. The second kappa shape index (κ2) is 9.34. The lowest BCUT2D eigenvalue weighted by atomic mass is 10.1. The third-order valence-electron chi connectivity index (χ3n) is 5.54. The Bertz CT molecular complexity index is 1570. The maximum atomic E-state index is 13.4. The first-order valence-corrected chi connectivity index (χ1v) is 12.7. The average molecular weight is 496 g/mol. The maximum absolute atomic E-state index is 13.4. The molecule has 180 valence electrons. The van der Waals surface area contributed by atoms with Crippen molar-refractivity contribution in [2.75, 3.05) is 5.75 Å². The average Bonchev–Trinajstić information content (AvgIpc) is 3.58. The van der Waals surface area contributed by atoms with Crippen LogP contribution in [0.1, 0.15) is 16.8 Å². The summed E-state index contributed by atoms with van der Waals surface area (Å²) in [6, 6.07) is 11.6. The van der Waals surface area contributed by atoms with Gasteiger partial charge >= 0.3 is 0 Å². The Morgan fingerprint density at radius 3 is 2.86 bits per heavy atom. The summed E-state index contributed by atoms with van der Waals surface area (Å²) >= 11 is 0. The second-order valence-electron chi connectivity index (χ2n) is 8.19. The van der Waals surface area contributed by atoms with Gasteiger partial charge < -0.3 is 14.1 Å². The molecule has 0 fully saturated rings. The fourth-order valence-electron chi connectivity index (χ4n) is 3.69. The van der Waals surface area contributed by atoms with Crippen LogP contribution < -0.4 is 4.74 Å². The third kappa shape index (κ3) is 5.40. The van der Waals surface area contributed by atoms with E-state index in [0.29, 0.717) is 23.0 Å². The van der Waals surface area contributed by atoms with Gasteiger partial charge in [0.05, 0.1) is 24.2 Å². The molecule has 0 unspecified atom stereocenters. The van der Waals surface area contributed by atoms with Crippen LogP contribution in [-0.2, 0) is 28.7 Å². The van der Waals surface area contributed by atoms with E-state index in [1.807, 2.05) is 6.92 Å². The Morgan fingerprint density at radius 1 is 1.17 bits per heavy atom. The van der Waals surface area contributed by atoms with E-state index in [9.17, 15) is 12.8 Å². The highest BCUT2D eigenvalue weighted by molar-refractivity contribution is 7.90. The molecule has 0 atom stereocenters. The number of oxazole rings is 1. The topological polar surface area (TPSA) is 116 Å². The fourth-order valence-corrected chi connectivity index (χ4v) is 5.09. The first-order valence-electron chi connectivity index (χ1n) is 10.8. The number of aryl methyl sites for hydroxylation is 2. The molecule has 9 nitrogen and oxygen atoms in total. The van der Waals surface area contributed by atoms with Crippen LogP contribution in [0.4, 0.5) is 4.39 Å². The van der Waals surface area contributed by atoms with E-state index >= 15 is 0 Å². The van der Waals surface area contributed by atoms with Gasteiger partial charge in [-0.1, -0.05) is 11.3 Å². The van der Waals surface area contributed by atoms with E-state index in [1.54, 1.807) is 36.5 Å². The summed E-state index contributed by atoms with van der Waals surface area (Å²) in [4.78, 5) is 7.59. The van der Waals surface area contributed by atoms with Crippen molar-refractivity contribution < 1.29 is 22.0 Å². The minimum Gasteiger partial charge on any atom is -0.487 e. The van der Waals surface area contributed by atoms with Gasteiger partial charge in [0.15, 0.2) is 9.84 Å². The van der Waals surface area contributed by atoms with Crippen LogP contribution in [0.5, 0.6) is 5.75 Å². The third-order valence-corrected chi connectivity index (χ3v) is 7.10. The zero-order chi connectivity index (χ0) is 24.4. The van der Waals surface area contributed by atoms with Crippen molar-refractivity contribution in [1.82, 2.24) is 25.0 Å². The van der Waals surface area contributed by atoms with Crippen LogP contribution in [0.25, 0.3) is 22.5 Å². The number of rotatable bonds is 9. The summed E-state index contributed by atoms with van der Waals surface area (Å²) in [6.07, 6.45) is 4.65. The number of sulfone groups is 1. The molecule has 0 spiro atoms. The van der Waals surface area contributed by atoms with Crippen molar-refractivity contribution in [3.63, 3.8) is 0 Å². The molecule has 0 aliphatic heterocycles. The molecule has 2 aromatic carbocycles. The van der Waals surface area contributed by atoms with E-state index in [0.717, 1.165) is 22.0 Å². The van der Waals surface area contributed by atoms with Gasteiger partial charge in [0.2, 0.25) is 5.89 Å². The summed E-state index contributed by atoms with van der Waals surface area (Å²) in [7, 11) is -3.31. The number of halogens is 1. The van der Waals surface area contributed by atoms with Crippen LogP contribution >= 0.6 is 0 Å². The molecule has 0 saturated carbocycles. The number of nitrogens with one attached hydrogen (secondary N) is 1. The van der Waals surface area contributed by atoms with E-state index < -0.39 is 9.84 Å². The first kappa shape index (κ1) is 22.8. The summed E-state index contributed by atoms with van der Waals surface area (Å²) in [6.45, 7) is 2.28. The van der Waals surface area contributed by atoms with Gasteiger partial charge in [-0.05, 0) is 54.4 Å². The highest BCUT2D eigenvalue weighted by Crippen LogP contribution is 2.25. The molecule has 0 aliphatic rings. The number of aromatic nitrogens is 5. The van der Waals surface area contributed by atoms with Gasteiger partial charge in [0, 0.05) is 17.1 Å². The Balaban J connectivity index is 1.20. The summed E-state index contributed by atoms with van der Waals surface area (Å²) in [5.41, 5.74) is 3.55. The minimum atomic E-state index is -3.31. The molecule has 0 amide bonds. The van der Waals surface area contributed by atoms with Gasteiger partial charge in [0.1, 0.15) is 35.8 Å². The zero-order valence-electron chi connectivity index (χ0n) is 18.8. The molecule has 0 saturated heterocycles. The molecular formula is C24H22FN5O4S. The number of hydrogen-bond donors (Lipinski definition) is 1. The molecule has 5 rings (SSSR count). The molecule has 1 N–H and O–H groups in total. The molecule has 3 heterocycles.